The van der Waals surface area contributed by atoms with Crippen LogP contribution in [0.2, 0.25) is 0 Å². The first-order valence-electron chi connectivity index (χ1n) is 9.27. The molecule has 1 aliphatic rings. The van der Waals surface area contributed by atoms with E-state index in [0.29, 0.717) is 5.95 Å². The average molecular weight is 361 g/mol. The van der Waals surface area contributed by atoms with Crippen LogP contribution < -0.4 is 10.6 Å². The Morgan fingerprint density at radius 2 is 1.89 bits per heavy atom. The number of hydrogen-bond donors (Lipinski definition) is 2. The number of aromatic nitrogens is 2. The zero-order valence-electron chi connectivity index (χ0n) is 15.4. The van der Waals surface area contributed by atoms with Crippen molar-refractivity contribution in [2.24, 2.45) is 0 Å². The summed E-state index contributed by atoms with van der Waals surface area (Å²) in [5.74, 6) is 0.555. The van der Waals surface area contributed by atoms with E-state index in [1.807, 2.05) is 47.4 Å². The SMILES string of the molecule is Cc1ccc2nc(NCC(=O)N3CCNCC3)nc(-c3ccccc3)c2c1. The number of rotatable bonds is 4. The molecule has 138 valence electrons. The van der Waals surface area contributed by atoms with Gasteiger partial charge in [0.05, 0.1) is 17.8 Å². The van der Waals surface area contributed by atoms with E-state index >= 15 is 0 Å². The second-order valence-corrected chi connectivity index (χ2v) is 6.77. The quantitative estimate of drug-likeness (QED) is 0.747. The van der Waals surface area contributed by atoms with Crippen LogP contribution in [0.15, 0.2) is 48.5 Å². The second-order valence-electron chi connectivity index (χ2n) is 6.77. The van der Waals surface area contributed by atoms with E-state index in [2.05, 4.69) is 28.6 Å². The Labute approximate surface area is 158 Å². The van der Waals surface area contributed by atoms with E-state index in [1.54, 1.807) is 0 Å². The fraction of sp³-hybridized carbons (Fsp3) is 0.286. The molecule has 2 aromatic carbocycles. The summed E-state index contributed by atoms with van der Waals surface area (Å²) in [6.07, 6.45) is 0. The number of benzene rings is 2. The van der Waals surface area contributed by atoms with E-state index < -0.39 is 0 Å². The molecule has 1 aromatic heterocycles. The van der Waals surface area contributed by atoms with Gasteiger partial charge in [0.25, 0.3) is 0 Å². The molecule has 0 saturated carbocycles. The third-order valence-corrected chi connectivity index (χ3v) is 4.77. The number of aryl methyl sites for hydroxylation is 1. The second kappa shape index (κ2) is 7.72. The van der Waals surface area contributed by atoms with Crippen LogP contribution in [-0.2, 0) is 4.79 Å². The first-order chi connectivity index (χ1) is 13.2. The number of fused-ring (bicyclic) bond motifs is 1. The van der Waals surface area contributed by atoms with Crippen molar-refractivity contribution in [2.75, 3.05) is 38.0 Å². The zero-order valence-corrected chi connectivity index (χ0v) is 15.4. The summed E-state index contributed by atoms with van der Waals surface area (Å²) in [6, 6.07) is 16.2. The summed E-state index contributed by atoms with van der Waals surface area (Å²) >= 11 is 0. The van der Waals surface area contributed by atoms with Crippen molar-refractivity contribution < 1.29 is 4.79 Å². The largest absolute Gasteiger partial charge is 0.345 e. The molecule has 1 saturated heterocycles. The molecule has 2 N–H and O–H groups in total. The lowest BCUT2D eigenvalue weighted by atomic mass is 10.0. The fourth-order valence-electron chi connectivity index (χ4n) is 3.32. The Kier molecular flexibility index (Phi) is 4.98. The minimum atomic E-state index is 0.0744. The third kappa shape index (κ3) is 3.90. The van der Waals surface area contributed by atoms with Gasteiger partial charge in [0, 0.05) is 37.1 Å². The molecule has 1 amide bonds. The van der Waals surface area contributed by atoms with Crippen molar-refractivity contribution in [3.05, 3.63) is 54.1 Å². The standard InChI is InChI=1S/C21H23N5O/c1-15-7-8-18-17(13-15)20(16-5-3-2-4-6-16)25-21(24-18)23-14-19(27)26-11-9-22-10-12-26/h2-8,13,22H,9-12,14H2,1H3,(H,23,24,25). The van der Waals surface area contributed by atoms with Crippen molar-refractivity contribution in [3.63, 3.8) is 0 Å². The van der Waals surface area contributed by atoms with Crippen molar-refractivity contribution >= 4 is 22.8 Å². The number of nitrogens with zero attached hydrogens (tertiary/aromatic N) is 3. The summed E-state index contributed by atoms with van der Waals surface area (Å²) in [7, 11) is 0. The van der Waals surface area contributed by atoms with Gasteiger partial charge < -0.3 is 15.5 Å². The molecule has 6 nitrogen and oxygen atoms in total. The molecule has 4 rings (SSSR count). The van der Waals surface area contributed by atoms with Crippen molar-refractivity contribution in [3.8, 4) is 11.3 Å². The predicted octanol–water partition coefficient (Wildman–Crippen LogP) is 2.45. The first-order valence-corrected chi connectivity index (χ1v) is 9.27. The molecule has 6 heteroatoms. The number of anilines is 1. The van der Waals surface area contributed by atoms with Gasteiger partial charge in [-0.3, -0.25) is 4.79 Å². The summed E-state index contributed by atoms with van der Waals surface area (Å²) in [4.78, 5) is 23.6. The number of nitrogens with one attached hydrogen (secondary N) is 2. The van der Waals surface area contributed by atoms with Crippen molar-refractivity contribution in [1.82, 2.24) is 20.2 Å². The van der Waals surface area contributed by atoms with Gasteiger partial charge in [-0.2, -0.15) is 0 Å². The average Bonchev–Trinajstić information content (AvgIpc) is 2.73. The minimum Gasteiger partial charge on any atom is -0.345 e. The van der Waals surface area contributed by atoms with Crippen LogP contribution in [0.1, 0.15) is 5.56 Å². The van der Waals surface area contributed by atoms with Crippen molar-refractivity contribution in [2.45, 2.75) is 6.92 Å². The van der Waals surface area contributed by atoms with Crippen LogP contribution >= 0.6 is 0 Å². The lowest BCUT2D eigenvalue weighted by Crippen LogP contribution is -2.48. The van der Waals surface area contributed by atoms with Gasteiger partial charge in [-0.25, -0.2) is 9.97 Å². The van der Waals surface area contributed by atoms with Crippen LogP contribution in [0.5, 0.6) is 0 Å². The number of carbonyl (C=O) groups excluding carboxylic acids is 1. The molecular formula is C21H23N5O. The Hall–Kier alpha value is -2.99. The molecule has 27 heavy (non-hydrogen) atoms. The Morgan fingerprint density at radius 1 is 1.11 bits per heavy atom. The molecule has 0 aliphatic carbocycles. The number of piperazine rings is 1. The van der Waals surface area contributed by atoms with E-state index in [-0.39, 0.29) is 12.5 Å². The Morgan fingerprint density at radius 3 is 2.67 bits per heavy atom. The minimum absolute atomic E-state index is 0.0744. The Balaban J connectivity index is 1.63. The smallest absolute Gasteiger partial charge is 0.242 e. The van der Waals surface area contributed by atoms with Gasteiger partial charge in [0.1, 0.15) is 0 Å². The normalized spacial score (nSPS) is 14.3. The maximum absolute atomic E-state index is 12.4. The Bertz CT molecular complexity index is 951. The number of amides is 1. The highest BCUT2D eigenvalue weighted by molar-refractivity contribution is 5.93. The van der Waals surface area contributed by atoms with Crippen LogP contribution in [-0.4, -0.2) is 53.5 Å². The van der Waals surface area contributed by atoms with E-state index in [4.69, 9.17) is 4.98 Å². The monoisotopic (exact) mass is 361 g/mol. The number of hydrogen-bond acceptors (Lipinski definition) is 5. The molecule has 0 spiro atoms. The molecule has 1 fully saturated rings. The highest BCUT2D eigenvalue weighted by Gasteiger charge is 2.17. The summed E-state index contributed by atoms with van der Waals surface area (Å²) in [5.41, 5.74) is 3.94. The molecule has 3 aromatic rings. The zero-order chi connectivity index (χ0) is 18.6. The molecule has 0 atom stereocenters. The highest BCUT2D eigenvalue weighted by Crippen LogP contribution is 2.27. The van der Waals surface area contributed by atoms with Crippen LogP contribution in [0.4, 0.5) is 5.95 Å². The number of carbonyl (C=O) groups is 1. The third-order valence-electron chi connectivity index (χ3n) is 4.77. The summed E-state index contributed by atoms with van der Waals surface area (Å²) in [5, 5.41) is 7.39. The molecule has 1 aliphatic heterocycles. The van der Waals surface area contributed by atoms with Crippen LogP contribution in [0.25, 0.3) is 22.2 Å². The molecular weight excluding hydrogens is 338 g/mol. The molecule has 0 radical (unpaired) electrons. The van der Waals surface area contributed by atoms with Gasteiger partial charge in [0.15, 0.2) is 0 Å². The van der Waals surface area contributed by atoms with E-state index in [9.17, 15) is 4.79 Å². The molecule has 2 heterocycles. The first kappa shape index (κ1) is 17.4. The maximum atomic E-state index is 12.4. The highest BCUT2D eigenvalue weighted by atomic mass is 16.2. The summed E-state index contributed by atoms with van der Waals surface area (Å²) in [6.45, 7) is 5.44. The molecule has 0 bridgehead atoms. The van der Waals surface area contributed by atoms with Crippen LogP contribution in [0, 0.1) is 6.92 Å². The van der Waals surface area contributed by atoms with Gasteiger partial charge in [0.2, 0.25) is 11.9 Å². The molecule has 0 unspecified atom stereocenters. The van der Waals surface area contributed by atoms with Gasteiger partial charge in [-0.1, -0.05) is 42.0 Å². The van der Waals surface area contributed by atoms with Gasteiger partial charge in [-0.05, 0) is 19.1 Å². The van der Waals surface area contributed by atoms with E-state index in [1.165, 1.54) is 0 Å². The van der Waals surface area contributed by atoms with E-state index in [0.717, 1.165) is 53.9 Å². The van der Waals surface area contributed by atoms with Crippen LogP contribution in [0.3, 0.4) is 0 Å². The maximum Gasteiger partial charge on any atom is 0.242 e. The van der Waals surface area contributed by atoms with Gasteiger partial charge >= 0.3 is 0 Å². The predicted molar refractivity (Wildman–Crippen MR) is 108 cm³/mol. The lowest BCUT2D eigenvalue weighted by molar-refractivity contribution is -0.129. The summed E-state index contributed by atoms with van der Waals surface area (Å²) < 4.78 is 0. The topological polar surface area (TPSA) is 70.2 Å². The van der Waals surface area contributed by atoms with Crippen molar-refractivity contribution in [1.29, 1.82) is 0 Å². The lowest BCUT2D eigenvalue weighted by Gasteiger charge is -2.27. The fourth-order valence-corrected chi connectivity index (χ4v) is 3.32. The van der Waals surface area contributed by atoms with Gasteiger partial charge in [-0.15, -0.1) is 0 Å².